The van der Waals surface area contributed by atoms with Crippen molar-refractivity contribution in [1.29, 1.82) is 0 Å². The molecule has 0 bridgehead atoms. The Labute approximate surface area is 329 Å². The van der Waals surface area contributed by atoms with Crippen LogP contribution in [0.4, 0.5) is 0 Å². The first-order valence-corrected chi connectivity index (χ1v) is 18.4. The summed E-state index contributed by atoms with van der Waals surface area (Å²) < 4.78 is 51.8. The molecule has 0 radical (unpaired) electrons. The predicted molar refractivity (Wildman–Crippen MR) is 229 cm³/mol. The van der Waals surface area contributed by atoms with Gasteiger partial charge in [0.05, 0.1) is 17.9 Å². The van der Waals surface area contributed by atoms with E-state index in [-0.39, 0.29) is 17.6 Å². The van der Waals surface area contributed by atoms with Crippen LogP contribution in [0.25, 0.3) is 106 Å². The van der Waals surface area contributed by atoms with Crippen molar-refractivity contribution in [2.24, 2.45) is 0 Å². The van der Waals surface area contributed by atoms with E-state index in [0.717, 1.165) is 60.5 Å². The molecule has 3 heterocycles. The van der Waals surface area contributed by atoms with Crippen molar-refractivity contribution in [3.63, 3.8) is 0 Å². The standard InChI is InChI=1S/C51H32N4O/c1-5-15-33(16-6-1)38-29-43(34-17-7-2-8-18-34)48-44(30-38)42-28-26-37(32-47(42)56-48)51-53-49(35-19-9-3-10-20-35)52-50(54-51)36-25-27-41-40-23-13-14-24-45(40)55(46(41)31-36)39-21-11-4-12-22-39/h1-32H/i2D,7D,8D,17D,18D. The Morgan fingerprint density at radius 1 is 0.411 bits per heavy atom. The normalized spacial score (nSPS) is 12.8. The molecule has 0 atom stereocenters. The molecule has 0 N–H and O–H groups in total. The molecule has 0 spiro atoms. The van der Waals surface area contributed by atoms with Crippen molar-refractivity contribution in [3.05, 3.63) is 194 Å². The quantitative estimate of drug-likeness (QED) is 0.172. The molecular formula is C51H32N4O. The molecule has 0 saturated heterocycles. The Morgan fingerprint density at radius 2 is 1.00 bits per heavy atom. The summed E-state index contributed by atoms with van der Waals surface area (Å²) in [5.41, 5.74) is 8.71. The monoisotopic (exact) mass is 721 g/mol. The van der Waals surface area contributed by atoms with Crippen molar-refractivity contribution in [2.45, 2.75) is 0 Å². The molecule has 3 aromatic heterocycles. The van der Waals surface area contributed by atoms with Crippen molar-refractivity contribution >= 4 is 43.7 Å². The Kier molecular flexibility index (Phi) is 6.29. The van der Waals surface area contributed by atoms with Gasteiger partial charge in [-0.25, -0.2) is 15.0 Å². The molecule has 0 saturated carbocycles. The van der Waals surface area contributed by atoms with E-state index in [1.165, 1.54) is 0 Å². The van der Waals surface area contributed by atoms with Gasteiger partial charge < -0.3 is 8.98 Å². The summed E-state index contributed by atoms with van der Waals surface area (Å²) in [6.07, 6.45) is 0. The molecule has 5 heteroatoms. The van der Waals surface area contributed by atoms with E-state index >= 15 is 0 Å². The maximum absolute atomic E-state index is 8.88. The number of rotatable bonds is 6. The van der Waals surface area contributed by atoms with Crippen molar-refractivity contribution < 1.29 is 11.3 Å². The van der Waals surface area contributed by atoms with Gasteiger partial charge in [0.1, 0.15) is 11.2 Å². The highest BCUT2D eigenvalue weighted by molar-refractivity contribution is 6.12. The number of furan rings is 1. The lowest BCUT2D eigenvalue weighted by Crippen LogP contribution is -2.00. The third-order valence-corrected chi connectivity index (χ3v) is 10.3. The molecule has 0 aliphatic heterocycles. The minimum absolute atomic E-state index is 0.0749. The van der Waals surface area contributed by atoms with E-state index in [2.05, 4.69) is 59.2 Å². The lowest BCUT2D eigenvalue weighted by Gasteiger charge is -2.10. The van der Waals surface area contributed by atoms with Crippen LogP contribution in [-0.2, 0) is 0 Å². The van der Waals surface area contributed by atoms with Crippen molar-refractivity contribution in [1.82, 2.24) is 19.5 Å². The van der Waals surface area contributed by atoms with Crippen LogP contribution in [0.1, 0.15) is 6.85 Å². The third-order valence-electron chi connectivity index (χ3n) is 10.3. The number of hydrogen-bond donors (Lipinski definition) is 0. The fourth-order valence-corrected chi connectivity index (χ4v) is 7.70. The van der Waals surface area contributed by atoms with Crippen LogP contribution in [0.15, 0.2) is 198 Å². The van der Waals surface area contributed by atoms with Crippen LogP contribution in [-0.4, -0.2) is 19.5 Å². The van der Waals surface area contributed by atoms with Gasteiger partial charge in [-0.1, -0.05) is 145 Å². The van der Waals surface area contributed by atoms with Crippen LogP contribution >= 0.6 is 0 Å². The molecule has 11 aromatic rings. The second-order valence-electron chi connectivity index (χ2n) is 13.7. The highest BCUT2D eigenvalue weighted by Crippen LogP contribution is 2.41. The molecule has 0 unspecified atom stereocenters. The summed E-state index contributed by atoms with van der Waals surface area (Å²) in [6.45, 7) is 0. The molecule has 11 rings (SSSR count). The van der Waals surface area contributed by atoms with Gasteiger partial charge in [-0.15, -0.1) is 0 Å². The second kappa shape index (κ2) is 13.0. The van der Waals surface area contributed by atoms with E-state index < -0.39 is 18.1 Å². The average Bonchev–Trinajstić information content (AvgIpc) is 3.86. The van der Waals surface area contributed by atoms with E-state index in [4.69, 9.17) is 26.2 Å². The summed E-state index contributed by atoms with van der Waals surface area (Å²) in [7, 11) is 0. The number of aromatic nitrogens is 4. The van der Waals surface area contributed by atoms with Crippen LogP contribution in [0.5, 0.6) is 0 Å². The highest BCUT2D eigenvalue weighted by Gasteiger charge is 2.19. The maximum atomic E-state index is 8.88. The second-order valence-corrected chi connectivity index (χ2v) is 13.7. The lowest BCUT2D eigenvalue weighted by molar-refractivity contribution is 0.670. The average molecular weight is 722 g/mol. The van der Waals surface area contributed by atoms with E-state index in [1.54, 1.807) is 0 Å². The molecular weight excluding hydrogens is 685 g/mol. The molecule has 262 valence electrons. The Morgan fingerprint density at radius 3 is 1.73 bits per heavy atom. The number of fused-ring (bicyclic) bond motifs is 6. The first-order chi connectivity index (χ1) is 29.8. The Bertz CT molecular complexity index is 3500. The summed E-state index contributed by atoms with van der Waals surface area (Å²) in [6, 6.07) is 52.5. The van der Waals surface area contributed by atoms with Gasteiger partial charge in [-0.05, 0) is 65.2 Å². The van der Waals surface area contributed by atoms with Crippen LogP contribution < -0.4 is 0 Å². The summed E-state index contributed by atoms with van der Waals surface area (Å²) in [5, 5.41) is 3.81. The number of nitrogens with zero attached hydrogens (tertiary/aromatic N) is 4. The zero-order valence-corrected chi connectivity index (χ0v) is 29.8. The van der Waals surface area contributed by atoms with Gasteiger partial charge >= 0.3 is 0 Å². The van der Waals surface area contributed by atoms with Gasteiger partial charge in [0.25, 0.3) is 0 Å². The van der Waals surface area contributed by atoms with Gasteiger partial charge in [0.2, 0.25) is 0 Å². The topological polar surface area (TPSA) is 56.7 Å². The fourth-order valence-electron chi connectivity index (χ4n) is 7.70. The molecule has 0 aliphatic carbocycles. The summed E-state index contributed by atoms with van der Waals surface area (Å²) in [4.78, 5) is 15.2. The maximum Gasteiger partial charge on any atom is 0.164 e. The summed E-state index contributed by atoms with van der Waals surface area (Å²) in [5.74, 6) is 1.48. The van der Waals surface area contributed by atoms with Gasteiger partial charge in [-0.3, -0.25) is 0 Å². The minimum atomic E-state index is -0.450. The third kappa shape index (κ3) is 5.37. The number of hydrogen-bond acceptors (Lipinski definition) is 4. The zero-order chi connectivity index (χ0) is 41.4. The SMILES string of the molecule is [2H]c1c([2H])c([2H])c(-c2cc(-c3ccccc3)cc3c2oc2cc(-c4nc(-c5ccccc5)nc(-c5ccc6c7ccccc7n(-c7ccccc7)c6c5)n4)ccc23)c([2H])c1[2H]. The molecule has 56 heavy (non-hydrogen) atoms. The van der Waals surface area contributed by atoms with E-state index in [0.29, 0.717) is 39.8 Å². The summed E-state index contributed by atoms with van der Waals surface area (Å²) >= 11 is 0. The zero-order valence-electron chi connectivity index (χ0n) is 34.8. The van der Waals surface area contributed by atoms with Crippen molar-refractivity contribution in [2.75, 3.05) is 0 Å². The van der Waals surface area contributed by atoms with Crippen LogP contribution in [0.2, 0.25) is 0 Å². The van der Waals surface area contributed by atoms with Crippen LogP contribution in [0, 0.1) is 0 Å². The van der Waals surface area contributed by atoms with Gasteiger partial charge in [-0.2, -0.15) is 0 Å². The first-order valence-electron chi connectivity index (χ1n) is 20.9. The van der Waals surface area contributed by atoms with Crippen molar-refractivity contribution in [3.8, 4) is 62.1 Å². The smallest absolute Gasteiger partial charge is 0.164 e. The number of benzene rings is 8. The molecule has 0 fully saturated rings. The number of para-hydroxylation sites is 2. The Hall–Kier alpha value is -7.63. The Balaban J connectivity index is 1.12. The first kappa shape index (κ1) is 27.0. The minimum Gasteiger partial charge on any atom is -0.455 e. The molecule has 0 amide bonds. The highest BCUT2D eigenvalue weighted by atomic mass is 16.3. The molecule has 8 aromatic carbocycles. The molecule has 5 nitrogen and oxygen atoms in total. The van der Waals surface area contributed by atoms with E-state index in [1.807, 2.05) is 109 Å². The lowest BCUT2D eigenvalue weighted by atomic mass is 9.95. The van der Waals surface area contributed by atoms with E-state index in [9.17, 15) is 0 Å². The largest absolute Gasteiger partial charge is 0.455 e. The fraction of sp³-hybridized carbons (Fsp3) is 0. The van der Waals surface area contributed by atoms with Gasteiger partial charge in [0.15, 0.2) is 17.5 Å². The molecule has 0 aliphatic rings. The van der Waals surface area contributed by atoms with Gasteiger partial charge in [0, 0.05) is 49.5 Å². The van der Waals surface area contributed by atoms with Crippen LogP contribution in [0.3, 0.4) is 0 Å². The predicted octanol–water partition coefficient (Wildman–Crippen LogP) is 13.2.